The van der Waals surface area contributed by atoms with Gasteiger partial charge in [0.1, 0.15) is 19.8 Å². The normalized spacial score (nSPS) is 11.5. The molecule has 1 atom stereocenters. The highest BCUT2D eigenvalue weighted by Gasteiger charge is 2.32. The SMILES string of the molecule is C=CC(=O)OCCOCCOCC(COCC)(COCC)COCCOCCOC(=O)CCCOC(=O)C(CCCCOC#N)N=C=O. The van der Waals surface area contributed by atoms with Crippen LogP contribution in [-0.2, 0) is 66.5 Å². The Bertz CT molecular complexity index is 944. The molecule has 0 amide bonds. The van der Waals surface area contributed by atoms with Crippen LogP contribution in [0, 0.1) is 16.9 Å². The van der Waals surface area contributed by atoms with Crippen LogP contribution in [0.3, 0.4) is 0 Å². The molecule has 1 unspecified atom stereocenters. The molecule has 0 rings (SSSR count). The van der Waals surface area contributed by atoms with Crippen LogP contribution in [0.5, 0.6) is 0 Å². The molecule has 0 aromatic carbocycles. The quantitative estimate of drug-likeness (QED) is 0.0181. The van der Waals surface area contributed by atoms with Gasteiger partial charge in [0, 0.05) is 25.7 Å². The maximum Gasteiger partial charge on any atom is 0.331 e. The van der Waals surface area contributed by atoms with Crippen molar-refractivity contribution in [2.75, 3.05) is 106 Å². The van der Waals surface area contributed by atoms with Crippen LogP contribution in [-0.4, -0.2) is 136 Å². The second-order valence-electron chi connectivity index (χ2n) is 10.1. The second-order valence-corrected chi connectivity index (χ2v) is 10.1. The number of hydrogen-bond donors (Lipinski definition) is 0. The van der Waals surface area contributed by atoms with E-state index in [2.05, 4.69) is 16.3 Å². The zero-order chi connectivity index (χ0) is 35.6. The third-order valence-electron chi connectivity index (χ3n) is 6.20. The molecule has 0 aromatic rings. The lowest BCUT2D eigenvalue weighted by molar-refractivity contribution is -0.149. The molecule has 0 radical (unpaired) electrons. The highest BCUT2D eigenvalue weighted by molar-refractivity contribution is 5.81. The molecule has 0 spiro atoms. The van der Waals surface area contributed by atoms with E-state index in [9.17, 15) is 19.2 Å². The van der Waals surface area contributed by atoms with Gasteiger partial charge in [-0.1, -0.05) is 6.58 Å². The monoisotopic (exact) mass is 688 g/mol. The van der Waals surface area contributed by atoms with E-state index in [4.69, 9.17) is 47.9 Å². The molecule has 48 heavy (non-hydrogen) atoms. The Hall–Kier alpha value is -3.42. The molecule has 0 N–H and O–H groups in total. The third-order valence-corrected chi connectivity index (χ3v) is 6.20. The van der Waals surface area contributed by atoms with Gasteiger partial charge < -0.3 is 47.4 Å². The van der Waals surface area contributed by atoms with Gasteiger partial charge >= 0.3 is 17.9 Å². The first-order valence-corrected chi connectivity index (χ1v) is 16.0. The van der Waals surface area contributed by atoms with Crippen molar-refractivity contribution in [2.45, 2.75) is 52.0 Å². The molecular formula is C32H52N2O14. The summed E-state index contributed by atoms with van der Waals surface area (Å²) in [5.74, 6) is -1.65. The maximum atomic E-state index is 12.1. The first-order valence-electron chi connectivity index (χ1n) is 16.0. The molecule has 0 aromatic heterocycles. The van der Waals surface area contributed by atoms with Gasteiger partial charge in [0.15, 0.2) is 6.04 Å². The number of nitrogens with zero attached hydrogens (tertiary/aromatic N) is 2. The minimum atomic E-state index is -0.990. The highest BCUT2D eigenvalue weighted by atomic mass is 16.6. The van der Waals surface area contributed by atoms with Gasteiger partial charge in [0.2, 0.25) is 6.08 Å². The number of nitriles is 1. The summed E-state index contributed by atoms with van der Waals surface area (Å²) in [4.78, 5) is 49.2. The number of esters is 3. The van der Waals surface area contributed by atoms with E-state index < -0.39 is 29.4 Å². The van der Waals surface area contributed by atoms with Crippen molar-refractivity contribution >= 4 is 24.0 Å². The zero-order valence-electron chi connectivity index (χ0n) is 28.3. The van der Waals surface area contributed by atoms with Gasteiger partial charge in [-0.05, 0) is 39.5 Å². The number of ether oxygens (including phenoxy) is 10. The van der Waals surface area contributed by atoms with Gasteiger partial charge in [-0.15, -0.1) is 0 Å². The Labute approximate surface area is 282 Å². The van der Waals surface area contributed by atoms with Crippen LogP contribution in [0.25, 0.3) is 0 Å². The fourth-order valence-electron chi connectivity index (χ4n) is 3.79. The molecule has 0 saturated heterocycles. The molecular weight excluding hydrogens is 636 g/mol. The predicted molar refractivity (Wildman–Crippen MR) is 168 cm³/mol. The van der Waals surface area contributed by atoms with Gasteiger partial charge in [0.25, 0.3) is 6.26 Å². The molecule has 0 fully saturated rings. The largest absolute Gasteiger partial charge is 0.464 e. The summed E-state index contributed by atoms with van der Waals surface area (Å²) in [6.45, 7) is 11.5. The third kappa shape index (κ3) is 25.6. The van der Waals surface area contributed by atoms with Crippen LogP contribution in [0.1, 0.15) is 46.0 Å². The predicted octanol–water partition coefficient (Wildman–Crippen LogP) is 2.08. The number of hydrogen-bond acceptors (Lipinski definition) is 16. The lowest BCUT2D eigenvalue weighted by Crippen LogP contribution is -2.42. The molecule has 0 saturated carbocycles. The fraction of sp³-hybridized carbons (Fsp3) is 0.781. The lowest BCUT2D eigenvalue weighted by atomic mass is 9.92. The molecule has 274 valence electrons. The number of rotatable bonds is 34. The first-order chi connectivity index (χ1) is 23.4. The highest BCUT2D eigenvalue weighted by Crippen LogP contribution is 2.21. The zero-order valence-corrected chi connectivity index (χ0v) is 28.3. The van der Waals surface area contributed by atoms with Crippen LogP contribution in [0.4, 0.5) is 0 Å². The summed E-state index contributed by atoms with van der Waals surface area (Å²) in [6.07, 6.45) is 5.55. The van der Waals surface area contributed by atoms with Gasteiger partial charge in [0.05, 0.1) is 78.1 Å². The van der Waals surface area contributed by atoms with E-state index >= 15 is 0 Å². The van der Waals surface area contributed by atoms with E-state index in [1.54, 1.807) is 6.26 Å². The number of unbranched alkanes of at least 4 members (excludes halogenated alkanes) is 1. The van der Waals surface area contributed by atoms with Crippen LogP contribution >= 0.6 is 0 Å². The Morgan fingerprint density at radius 1 is 0.729 bits per heavy atom. The Kier molecular flexibility index (Phi) is 29.9. The Balaban J connectivity index is 4.23. The van der Waals surface area contributed by atoms with Gasteiger partial charge in [-0.25, -0.2) is 14.4 Å². The summed E-state index contributed by atoms with van der Waals surface area (Å²) < 4.78 is 53.7. The van der Waals surface area contributed by atoms with Crippen molar-refractivity contribution in [1.29, 1.82) is 5.26 Å². The van der Waals surface area contributed by atoms with Crippen molar-refractivity contribution in [3.8, 4) is 6.26 Å². The van der Waals surface area contributed by atoms with Crippen molar-refractivity contribution in [3.05, 3.63) is 12.7 Å². The standard InChI is InChI=1S/C32H52N2O14/c1-4-29(36)46-20-18-41-14-16-43-24-32(22-39-5-2,23-40-6-3)25-44-17-15-42-19-21-47-30(37)11-9-13-48-31(38)28(34-27-35)10-7-8-12-45-26-33/h4,28H,1,5-25H2,2-3H3. The van der Waals surface area contributed by atoms with E-state index in [1.165, 1.54) is 6.08 Å². The molecule has 16 nitrogen and oxygen atoms in total. The summed E-state index contributed by atoms with van der Waals surface area (Å²) in [5.41, 5.74) is -0.550. The van der Waals surface area contributed by atoms with Crippen molar-refractivity contribution in [1.82, 2.24) is 0 Å². The summed E-state index contributed by atoms with van der Waals surface area (Å²) in [6, 6.07) is -0.990. The summed E-state index contributed by atoms with van der Waals surface area (Å²) in [7, 11) is 0. The number of isocyanates is 1. The minimum Gasteiger partial charge on any atom is -0.464 e. The molecule has 0 aliphatic rings. The number of aliphatic imine (C=N–C) groups is 1. The molecule has 0 aliphatic carbocycles. The average molecular weight is 689 g/mol. The summed E-state index contributed by atoms with van der Waals surface area (Å²) >= 11 is 0. The van der Waals surface area contributed by atoms with E-state index in [-0.39, 0.29) is 72.1 Å². The van der Waals surface area contributed by atoms with Crippen LogP contribution < -0.4 is 0 Å². The molecule has 0 heterocycles. The smallest absolute Gasteiger partial charge is 0.331 e. The Morgan fingerprint density at radius 2 is 1.29 bits per heavy atom. The van der Waals surface area contributed by atoms with Crippen LogP contribution in [0.15, 0.2) is 17.6 Å². The van der Waals surface area contributed by atoms with E-state index in [1.807, 2.05) is 13.8 Å². The maximum absolute atomic E-state index is 12.1. The van der Waals surface area contributed by atoms with Gasteiger partial charge in [-0.2, -0.15) is 10.3 Å². The number of carbonyl (C=O) groups is 3. The first kappa shape index (κ1) is 44.6. The van der Waals surface area contributed by atoms with E-state index in [0.29, 0.717) is 65.7 Å². The minimum absolute atomic E-state index is 0.0323. The summed E-state index contributed by atoms with van der Waals surface area (Å²) in [5, 5.41) is 8.35. The van der Waals surface area contributed by atoms with Crippen LogP contribution in [0.2, 0.25) is 0 Å². The molecule has 16 heteroatoms. The van der Waals surface area contributed by atoms with Gasteiger partial charge in [-0.3, -0.25) is 4.79 Å². The molecule has 0 bridgehead atoms. The van der Waals surface area contributed by atoms with Crippen molar-refractivity contribution in [3.63, 3.8) is 0 Å². The Morgan fingerprint density at radius 3 is 1.85 bits per heavy atom. The second kappa shape index (κ2) is 32.1. The van der Waals surface area contributed by atoms with Crippen molar-refractivity contribution in [2.24, 2.45) is 10.4 Å². The molecule has 0 aliphatic heterocycles. The lowest BCUT2D eigenvalue weighted by Gasteiger charge is -2.32. The van der Waals surface area contributed by atoms with E-state index in [0.717, 1.165) is 6.08 Å². The number of carbonyl (C=O) groups excluding carboxylic acids is 4. The average Bonchev–Trinajstić information content (AvgIpc) is 3.09. The van der Waals surface area contributed by atoms with Crippen molar-refractivity contribution < 1.29 is 66.5 Å². The fourth-order valence-corrected chi connectivity index (χ4v) is 3.79. The topological polar surface area (TPSA) is 197 Å².